The molecule has 0 radical (unpaired) electrons. The number of ether oxygens (including phenoxy) is 2. The summed E-state index contributed by atoms with van der Waals surface area (Å²) in [4.78, 5) is 24.4. The molecular weight excluding hydrogens is 409 g/mol. The molecule has 8 heteroatoms. The van der Waals surface area contributed by atoms with E-state index in [-0.39, 0.29) is 4.88 Å². The van der Waals surface area contributed by atoms with Crippen molar-refractivity contribution in [2.45, 2.75) is 6.54 Å². The zero-order chi connectivity index (χ0) is 19.4. The standard InChI is InChI=1S/C19H15Cl2NO4S/c1-25-13-4-2-3-11(7-13)9-22-16(23)10-26-19(24)18-17(21)14-6-5-12(20)8-15(14)27-18/h2-8H,9-10H2,1H3,(H,22,23). The molecule has 0 aliphatic rings. The Balaban J connectivity index is 1.57. The summed E-state index contributed by atoms with van der Waals surface area (Å²) in [7, 11) is 1.57. The predicted octanol–water partition coefficient (Wildman–Crippen LogP) is 4.69. The van der Waals surface area contributed by atoms with Crippen LogP contribution in [-0.2, 0) is 16.1 Å². The van der Waals surface area contributed by atoms with Gasteiger partial charge >= 0.3 is 5.97 Å². The van der Waals surface area contributed by atoms with Crippen LogP contribution in [-0.4, -0.2) is 25.6 Å². The van der Waals surface area contributed by atoms with Gasteiger partial charge in [-0.25, -0.2) is 4.79 Å². The number of carbonyl (C=O) groups excluding carboxylic acids is 2. The van der Waals surface area contributed by atoms with Gasteiger partial charge in [0.2, 0.25) is 0 Å². The van der Waals surface area contributed by atoms with E-state index < -0.39 is 18.5 Å². The molecule has 0 aliphatic heterocycles. The Kier molecular flexibility index (Phi) is 6.21. The number of esters is 1. The van der Waals surface area contributed by atoms with Crippen molar-refractivity contribution in [3.8, 4) is 5.75 Å². The molecule has 0 aliphatic carbocycles. The van der Waals surface area contributed by atoms with E-state index in [0.717, 1.165) is 15.6 Å². The van der Waals surface area contributed by atoms with Gasteiger partial charge in [-0.2, -0.15) is 0 Å². The first-order valence-electron chi connectivity index (χ1n) is 7.92. The molecule has 1 amide bonds. The molecule has 3 rings (SSSR count). The second-order valence-electron chi connectivity index (χ2n) is 5.59. The average molecular weight is 424 g/mol. The Morgan fingerprint density at radius 1 is 1.15 bits per heavy atom. The van der Waals surface area contributed by atoms with Gasteiger partial charge in [-0.15, -0.1) is 11.3 Å². The number of methoxy groups -OCH3 is 1. The predicted molar refractivity (Wildman–Crippen MR) is 107 cm³/mol. The van der Waals surface area contributed by atoms with E-state index in [2.05, 4.69) is 5.32 Å². The molecular formula is C19H15Cl2NO4S. The quantitative estimate of drug-likeness (QED) is 0.584. The summed E-state index contributed by atoms with van der Waals surface area (Å²) in [5.74, 6) is -0.354. The van der Waals surface area contributed by atoms with Crippen LogP contribution < -0.4 is 10.1 Å². The summed E-state index contributed by atoms with van der Waals surface area (Å²) in [6, 6.07) is 12.5. The largest absolute Gasteiger partial charge is 0.497 e. The van der Waals surface area contributed by atoms with Crippen LogP contribution in [0.4, 0.5) is 0 Å². The van der Waals surface area contributed by atoms with Crippen LogP contribution >= 0.6 is 34.5 Å². The van der Waals surface area contributed by atoms with Gasteiger partial charge < -0.3 is 14.8 Å². The molecule has 1 heterocycles. The topological polar surface area (TPSA) is 64.6 Å². The fraction of sp³-hybridized carbons (Fsp3) is 0.158. The summed E-state index contributed by atoms with van der Waals surface area (Å²) < 4.78 is 11.0. The highest BCUT2D eigenvalue weighted by Gasteiger charge is 2.19. The number of benzene rings is 2. The van der Waals surface area contributed by atoms with E-state index in [0.29, 0.717) is 22.3 Å². The second-order valence-corrected chi connectivity index (χ2v) is 7.46. The van der Waals surface area contributed by atoms with Gasteiger partial charge in [-0.05, 0) is 29.8 Å². The molecule has 1 aromatic heterocycles. The van der Waals surface area contributed by atoms with Crippen molar-refractivity contribution in [1.82, 2.24) is 5.32 Å². The normalized spacial score (nSPS) is 10.6. The van der Waals surface area contributed by atoms with Crippen LogP contribution in [0.15, 0.2) is 42.5 Å². The van der Waals surface area contributed by atoms with Crippen LogP contribution in [0.2, 0.25) is 10.0 Å². The van der Waals surface area contributed by atoms with Crippen molar-refractivity contribution in [3.63, 3.8) is 0 Å². The summed E-state index contributed by atoms with van der Waals surface area (Å²) in [5.41, 5.74) is 0.874. The van der Waals surface area contributed by atoms with E-state index in [1.54, 1.807) is 25.3 Å². The van der Waals surface area contributed by atoms with Crippen LogP contribution in [0.3, 0.4) is 0 Å². The highest BCUT2D eigenvalue weighted by molar-refractivity contribution is 7.21. The molecule has 0 spiro atoms. The fourth-order valence-corrected chi connectivity index (χ4v) is 4.08. The third-order valence-corrected chi connectivity index (χ3v) is 5.61. The molecule has 0 fully saturated rings. The monoisotopic (exact) mass is 423 g/mol. The number of rotatable bonds is 6. The lowest BCUT2D eigenvalue weighted by Gasteiger charge is -2.07. The summed E-state index contributed by atoms with van der Waals surface area (Å²) in [6.45, 7) is -0.0934. The van der Waals surface area contributed by atoms with Crippen molar-refractivity contribution in [1.29, 1.82) is 0 Å². The fourth-order valence-electron chi connectivity index (χ4n) is 2.40. The molecule has 0 saturated heterocycles. The summed E-state index contributed by atoms with van der Waals surface area (Å²) in [6.07, 6.45) is 0. The Bertz CT molecular complexity index is 1000. The average Bonchev–Trinajstić information content (AvgIpc) is 3.00. The lowest BCUT2D eigenvalue weighted by molar-refractivity contribution is -0.124. The Morgan fingerprint density at radius 2 is 1.96 bits per heavy atom. The number of halogens is 2. The van der Waals surface area contributed by atoms with Gasteiger partial charge in [-0.1, -0.05) is 41.4 Å². The maximum absolute atomic E-state index is 12.3. The molecule has 140 valence electrons. The highest BCUT2D eigenvalue weighted by atomic mass is 35.5. The van der Waals surface area contributed by atoms with Crippen LogP contribution in [0, 0.1) is 0 Å². The van der Waals surface area contributed by atoms with Crippen molar-refractivity contribution < 1.29 is 19.1 Å². The molecule has 0 atom stereocenters. The second kappa shape index (κ2) is 8.61. The lowest BCUT2D eigenvalue weighted by atomic mass is 10.2. The number of hydrogen-bond donors (Lipinski definition) is 1. The highest BCUT2D eigenvalue weighted by Crippen LogP contribution is 2.37. The van der Waals surface area contributed by atoms with Gasteiger partial charge in [0.05, 0.1) is 12.1 Å². The molecule has 3 aromatic rings. The van der Waals surface area contributed by atoms with Gasteiger partial charge in [0.15, 0.2) is 6.61 Å². The number of amides is 1. The van der Waals surface area contributed by atoms with Crippen LogP contribution in [0.25, 0.3) is 10.1 Å². The molecule has 5 nitrogen and oxygen atoms in total. The lowest BCUT2D eigenvalue weighted by Crippen LogP contribution is -2.28. The number of hydrogen-bond acceptors (Lipinski definition) is 5. The van der Waals surface area contributed by atoms with Crippen LogP contribution in [0.1, 0.15) is 15.2 Å². The van der Waals surface area contributed by atoms with Gasteiger partial charge in [0.1, 0.15) is 10.6 Å². The van der Waals surface area contributed by atoms with Gasteiger partial charge in [0, 0.05) is 21.7 Å². The first-order chi connectivity index (χ1) is 13.0. The molecule has 1 N–H and O–H groups in total. The Labute approximate surface area is 169 Å². The molecule has 2 aromatic carbocycles. The van der Waals surface area contributed by atoms with E-state index in [9.17, 15) is 9.59 Å². The maximum atomic E-state index is 12.3. The minimum atomic E-state index is -0.645. The minimum absolute atomic E-state index is 0.245. The first-order valence-corrected chi connectivity index (χ1v) is 9.49. The van der Waals surface area contributed by atoms with Crippen molar-refractivity contribution in [2.24, 2.45) is 0 Å². The van der Waals surface area contributed by atoms with Gasteiger partial charge in [-0.3, -0.25) is 4.79 Å². The zero-order valence-corrected chi connectivity index (χ0v) is 16.6. The first kappa shape index (κ1) is 19.5. The Morgan fingerprint density at radius 3 is 2.74 bits per heavy atom. The zero-order valence-electron chi connectivity index (χ0n) is 14.3. The molecule has 0 bridgehead atoms. The van der Waals surface area contributed by atoms with E-state index >= 15 is 0 Å². The molecule has 0 saturated carbocycles. The maximum Gasteiger partial charge on any atom is 0.350 e. The van der Waals surface area contributed by atoms with E-state index in [1.807, 2.05) is 24.3 Å². The smallest absolute Gasteiger partial charge is 0.350 e. The summed E-state index contributed by atoms with van der Waals surface area (Å²) >= 11 is 13.4. The molecule has 0 unspecified atom stereocenters. The third kappa shape index (κ3) is 4.71. The third-order valence-electron chi connectivity index (χ3n) is 3.74. The summed E-state index contributed by atoms with van der Waals surface area (Å²) in [5, 5.41) is 4.26. The van der Waals surface area contributed by atoms with Crippen LogP contribution in [0.5, 0.6) is 5.75 Å². The van der Waals surface area contributed by atoms with Gasteiger partial charge in [0.25, 0.3) is 5.91 Å². The minimum Gasteiger partial charge on any atom is -0.497 e. The Hall–Kier alpha value is -2.28. The van der Waals surface area contributed by atoms with E-state index in [4.69, 9.17) is 32.7 Å². The number of fused-ring (bicyclic) bond motifs is 1. The van der Waals surface area contributed by atoms with E-state index in [1.165, 1.54) is 11.3 Å². The SMILES string of the molecule is COc1cccc(CNC(=O)COC(=O)c2sc3cc(Cl)ccc3c2Cl)c1. The number of carbonyl (C=O) groups is 2. The van der Waals surface area contributed by atoms with Crippen molar-refractivity contribution in [3.05, 3.63) is 63.0 Å². The molecule has 27 heavy (non-hydrogen) atoms. The number of nitrogens with one attached hydrogen (secondary N) is 1. The number of thiophene rings is 1. The van der Waals surface area contributed by atoms with Crippen molar-refractivity contribution >= 4 is 56.5 Å². The van der Waals surface area contributed by atoms with Crippen molar-refractivity contribution in [2.75, 3.05) is 13.7 Å².